The second kappa shape index (κ2) is 5.68. The first-order chi connectivity index (χ1) is 9.70. The molecular formula is C14H18N4O2. The van der Waals surface area contributed by atoms with Crippen LogP contribution in [0.1, 0.15) is 18.7 Å². The molecule has 2 aromatic heterocycles. The molecule has 20 heavy (non-hydrogen) atoms. The van der Waals surface area contributed by atoms with E-state index in [1.54, 1.807) is 6.20 Å². The molecule has 0 bridgehead atoms. The molecule has 106 valence electrons. The van der Waals surface area contributed by atoms with Gasteiger partial charge in [-0.1, -0.05) is 11.2 Å². The number of pyridine rings is 1. The van der Waals surface area contributed by atoms with Crippen LogP contribution in [-0.2, 0) is 6.54 Å². The van der Waals surface area contributed by atoms with Crippen LogP contribution >= 0.6 is 0 Å². The highest BCUT2D eigenvalue weighted by molar-refractivity contribution is 5.46. The predicted molar refractivity (Wildman–Crippen MR) is 72.6 cm³/mol. The molecule has 1 N–H and O–H groups in total. The van der Waals surface area contributed by atoms with Crippen LogP contribution in [0, 0.1) is 5.92 Å². The fraction of sp³-hybridized carbons (Fsp3) is 0.500. The Morgan fingerprint density at radius 1 is 1.40 bits per heavy atom. The van der Waals surface area contributed by atoms with Gasteiger partial charge in [-0.3, -0.25) is 9.88 Å². The molecule has 1 aliphatic carbocycles. The molecule has 2 heterocycles. The summed E-state index contributed by atoms with van der Waals surface area (Å²) < 4.78 is 5.25. The van der Waals surface area contributed by atoms with Crippen LogP contribution in [0.2, 0.25) is 0 Å². The molecule has 0 unspecified atom stereocenters. The van der Waals surface area contributed by atoms with Gasteiger partial charge in [-0.25, -0.2) is 0 Å². The Balaban J connectivity index is 1.57. The third-order valence-electron chi connectivity index (χ3n) is 3.55. The van der Waals surface area contributed by atoms with Crippen molar-refractivity contribution >= 4 is 0 Å². The predicted octanol–water partition coefficient (Wildman–Crippen LogP) is 1.33. The van der Waals surface area contributed by atoms with E-state index in [0.29, 0.717) is 29.9 Å². The summed E-state index contributed by atoms with van der Waals surface area (Å²) in [5.74, 6) is 1.69. The summed E-state index contributed by atoms with van der Waals surface area (Å²) in [5.41, 5.74) is 0.715. The number of aromatic nitrogens is 3. The van der Waals surface area contributed by atoms with Crippen LogP contribution in [0.25, 0.3) is 11.5 Å². The van der Waals surface area contributed by atoms with Crippen LogP contribution in [-0.4, -0.2) is 44.8 Å². The average Bonchev–Trinajstić information content (AvgIpc) is 2.86. The Morgan fingerprint density at radius 2 is 2.25 bits per heavy atom. The number of nitrogens with zero attached hydrogens (tertiary/aromatic N) is 4. The second-order valence-corrected chi connectivity index (χ2v) is 5.41. The molecule has 3 rings (SSSR count). The van der Waals surface area contributed by atoms with Gasteiger partial charge in [0.2, 0.25) is 11.7 Å². The zero-order chi connectivity index (χ0) is 13.9. The average molecular weight is 274 g/mol. The first-order valence-corrected chi connectivity index (χ1v) is 6.81. The lowest BCUT2D eigenvalue weighted by Crippen LogP contribution is -2.36. The lowest BCUT2D eigenvalue weighted by Gasteiger charge is -2.34. The highest BCUT2D eigenvalue weighted by Gasteiger charge is 2.28. The molecule has 2 aromatic rings. The summed E-state index contributed by atoms with van der Waals surface area (Å²) in [4.78, 5) is 10.7. The Kier molecular flexibility index (Phi) is 3.75. The molecule has 1 saturated carbocycles. The van der Waals surface area contributed by atoms with E-state index in [4.69, 9.17) is 4.52 Å². The topological polar surface area (TPSA) is 75.3 Å². The van der Waals surface area contributed by atoms with Gasteiger partial charge in [-0.15, -0.1) is 0 Å². The first-order valence-electron chi connectivity index (χ1n) is 6.81. The Morgan fingerprint density at radius 3 is 2.95 bits per heavy atom. The van der Waals surface area contributed by atoms with Gasteiger partial charge in [0.15, 0.2) is 0 Å². The molecule has 0 saturated heterocycles. The molecule has 0 atom stereocenters. The minimum Gasteiger partial charge on any atom is -0.393 e. The molecular weight excluding hydrogens is 256 g/mol. The third kappa shape index (κ3) is 3.02. The van der Waals surface area contributed by atoms with Crippen molar-refractivity contribution in [3.63, 3.8) is 0 Å². The molecule has 1 aliphatic rings. The van der Waals surface area contributed by atoms with E-state index in [-0.39, 0.29) is 6.10 Å². The van der Waals surface area contributed by atoms with Gasteiger partial charge in [0.05, 0.1) is 12.6 Å². The lowest BCUT2D eigenvalue weighted by atomic mass is 9.82. The third-order valence-corrected chi connectivity index (χ3v) is 3.55. The zero-order valence-electron chi connectivity index (χ0n) is 11.4. The molecule has 6 nitrogen and oxygen atoms in total. The summed E-state index contributed by atoms with van der Waals surface area (Å²) in [7, 11) is 2.02. The van der Waals surface area contributed by atoms with Crippen molar-refractivity contribution < 1.29 is 9.63 Å². The maximum atomic E-state index is 9.28. The standard InChI is InChI=1S/C14H18N4O2/c1-18(8-10-6-11(19)7-10)9-13-16-14(17-20-13)12-4-2-3-5-15-12/h2-5,10-11,19H,6-9H2,1H3. The van der Waals surface area contributed by atoms with Crippen LogP contribution < -0.4 is 0 Å². The van der Waals surface area contributed by atoms with Gasteiger partial charge in [-0.05, 0) is 37.9 Å². The van der Waals surface area contributed by atoms with Crippen molar-refractivity contribution in [3.05, 3.63) is 30.3 Å². The molecule has 1 fully saturated rings. The highest BCUT2D eigenvalue weighted by atomic mass is 16.5. The summed E-state index contributed by atoms with van der Waals surface area (Å²) in [6.07, 6.45) is 3.40. The molecule has 0 aliphatic heterocycles. The van der Waals surface area contributed by atoms with Crippen LogP contribution in [0.3, 0.4) is 0 Å². The number of aliphatic hydroxyl groups is 1. The van der Waals surface area contributed by atoms with Crippen LogP contribution in [0.5, 0.6) is 0 Å². The smallest absolute Gasteiger partial charge is 0.241 e. The second-order valence-electron chi connectivity index (χ2n) is 5.41. The normalized spacial score (nSPS) is 21.9. The van der Waals surface area contributed by atoms with E-state index in [0.717, 1.165) is 19.4 Å². The van der Waals surface area contributed by atoms with Gasteiger partial charge in [-0.2, -0.15) is 4.98 Å². The first kappa shape index (κ1) is 13.2. The Bertz CT molecular complexity index is 551. The number of hydrogen-bond acceptors (Lipinski definition) is 6. The number of aliphatic hydroxyl groups excluding tert-OH is 1. The van der Waals surface area contributed by atoms with E-state index < -0.39 is 0 Å². The zero-order valence-corrected chi connectivity index (χ0v) is 11.4. The number of rotatable bonds is 5. The van der Waals surface area contributed by atoms with Gasteiger partial charge in [0.25, 0.3) is 0 Å². The van der Waals surface area contributed by atoms with E-state index in [1.807, 2.05) is 25.2 Å². The SMILES string of the molecule is CN(Cc1nc(-c2ccccn2)no1)CC1CC(O)C1. The van der Waals surface area contributed by atoms with Crippen LogP contribution in [0.4, 0.5) is 0 Å². The van der Waals surface area contributed by atoms with Crippen molar-refractivity contribution in [1.82, 2.24) is 20.0 Å². The summed E-state index contributed by atoms with van der Waals surface area (Å²) in [5, 5.41) is 13.2. The fourth-order valence-corrected chi connectivity index (χ4v) is 2.50. The number of hydrogen-bond donors (Lipinski definition) is 1. The quantitative estimate of drug-likeness (QED) is 0.886. The van der Waals surface area contributed by atoms with E-state index >= 15 is 0 Å². The maximum Gasteiger partial charge on any atom is 0.241 e. The van der Waals surface area contributed by atoms with Crippen LogP contribution in [0.15, 0.2) is 28.9 Å². The molecule has 0 radical (unpaired) electrons. The minimum atomic E-state index is -0.104. The van der Waals surface area contributed by atoms with Gasteiger partial charge < -0.3 is 9.63 Å². The fourth-order valence-electron chi connectivity index (χ4n) is 2.50. The Labute approximate surface area is 117 Å². The maximum absolute atomic E-state index is 9.28. The lowest BCUT2D eigenvalue weighted by molar-refractivity contribution is 0.0261. The van der Waals surface area contributed by atoms with Crippen molar-refractivity contribution in [2.24, 2.45) is 5.92 Å². The van der Waals surface area contributed by atoms with Gasteiger partial charge in [0, 0.05) is 12.7 Å². The summed E-state index contributed by atoms with van der Waals surface area (Å²) in [6.45, 7) is 1.56. The van der Waals surface area contributed by atoms with Gasteiger partial charge >= 0.3 is 0 Å². The molecule has 0 amide bonds. The summed E-state index contributed by atoms with van der Waals surface area (Å²) >= 11 is 0. The summed E-state index contributed by atoms with van der Waals surface area (Å²) in [6, 6.07) is 5.60. The van der Waals surface area contributed by atoms with Crippen molar-refractivity contribution in [2.45, 2.75) is 25.5 Å². The molecule has 0 spiro atoms. The van der Waals surface area contributed by atoms with E-state index in [9.17, 15) is 5.11 Å². The van der Waals surface area contributed by atoms with Crippen molar-refractivity contribution in [3.8, 4) is 11.5 Å². The largest absolute Gasteiger partial charge is 0.393 e. The van der Waals surface area contributed by atoms with Crippen molar-refractivity contribution in [1.29, 1.82) is 0 Å². The highest BCUT2D eigenvalue weighted by Crippen LogP contribution is 2.27. The Hall–Kier alpha value is -1.79. The monoisotopic (exact) mass is 274 g/mol. The van der Waals surface area contributed by atoms with Crippen molar-refractivity contribution in [2.75, 3.05) is 13.6 Å². The van der Waals surface area contributed by atoms with E-state index in [1.165, 1.54) is 0 Å². The van der Waals surface area contributed by atoms with E-state index in [2.05, 4.69) is 20.0 Å². The van der Waals surface area contributed by atoms with Gasteiger partial charge in [0.1, 0.15) is 5.69 Å². The molecule has 6 heteroatoms. The molecule has 0 aromatic carbocycles. The minimum absolute atomic E-state index is 0.104.